The van der Waals surface area contributed by atoms with Gasteiger partial charge in [0.2, 0.25) is 5.91 Å². The SMILES string of the molecule is CC(=CC(=O)Nc1sc2c(c1C#N)CCC2)C(=O)O. The van der Waals surface area contributed by atoms with E-state index >= 15 is 0 Å². The van der Waals surface area contributed by atoms with Crippen LogP contribution in [-0.2, 0) is 22.4 Å². The standard InChI is InChI=1S/C13H12N2O3S/c1-7(13(17)18)5-11(16)15-12-9(6-14)8-3-2-4-10(8)19-12/h5H,2-4H2,1H3,(H,15,16)(H,17,18). The molecule has 0 radical (unpaired) electrons. The number of nitrogens with one attached hydrogen (secondary N) is 1. The summed E-state index contributed by atoms with van der Waals surface area (Å²) in [6.07, 6.45) is 3.87. The molecule has 0 atom stereocenters. The zero-order valence-corrected chi connectivity index (χ0v) is 11.1. The van der Waals surface area contributed by atoms with Crippen LogP contribution in [-0.4, -0.2) is 17.0 Å². The molecule has 5 nitrogen and oxygen atoms in total. The van der Waals surface area contributed by atoms with Gasteiger partial charge in [0.25, 0.3) is 0 Å². The molecular formula is C13H12N2O3S. The molecule has 0 saturated carbocycles. The summed E-state index contributed by atoms with van der Waals surface area (Å²) in [4.78, 5) is 23.4. The normalized spacial score (nSPS) is 13.8. The molecule has 0 saturated heterocycles. The number of aliphatic carboxylic acids is 1. The van der Waals surface area contributed by atoms with Crippen LogP contribution in [0.3, 0.4) is 0 Å². The zero-order chi connectivity index (χ0) is 14.0. The molecule has 0 spiro atoms. The zero-order valence-electron chi connectivity index (χ0n) is 10.3. The lowest BCUT2D eigenvalue weighted by Gasteiger charge is -2.00. The van der Waals surface area contributed by atoms with E-state index in [0.717, 1.165) is 35.8 Å². The summed E-state index contributed by atoms with van der Waals surface area (Å²) in [6.45, 7) is 1.35. The fourth-order valence-corrected chi connectivity index (χ4v) is 3.26. The third kappa shape index (κ3) is 2.66. The number of fused-ring (bicyclic) bond motifs is 1. The van der Waals surface area contributed by atoms with E-state index < -0.39 is 11.9 Å². The van der Waals surface area contributed by atoms with Gasteiger partial charge in [-0.2, -0.15) is 5.26 Å². The van der Waals surface area contributed by atoms with E-state index in [-0.39, 0.29) is 5.57 Å². The van der Waals surface area contributed by atoms with Gasteiger partial charge in [0.05, 0.1) is 5.56 Å². The molecule has 1 heterocycles. The Labute approximate surface area is 114 Å². The van der Waals surface area contributed by atoms with E-state index in [1.807, 2.05) is 0 Å². The van der Waals surface area contributed by atoms with Crippen LogP contribution in [0.5, 0.6) is 0 Å². The molecule has 0 aromatic carbocycles. The van der Waals surface area contributed by atoms with Gasteiger partial charge in [-0.3, -0.25) is 4.79 Å². The topological polar surface area (TPSA) is 90.2 Å². The van der Waals surface area contributed by atoms with E-state index in [0.29, 0.717) is 10.6 Å². The Morgan fingerprint density at radius 3 is 2.84 bits per heavy atom. The van der Waals surface area contributed by atoms with Crippen molar-refractivity contribution in [2.45, 2.75) is 26.2 Å². The maximum absolute atomic E-state index is 11.7. The second kappa shape index (κ2) is 5.24. The van der Waals surface area contributed by atoms with Crippen LogP contribution in [0.1, 0.15) is 29.3 Å². The predicted octanol–water partition coefficient (Wildman–Crippen LogP) is 2.08. The minimum absolute atomic E-state index is 0.0416. The van der Waals surface area contributed by atoms with Crippen molar-refractivity contribution in [1.82, 2.24) is 0 Å². The Balaban J connectivity index is 2.21. The van der Waals surface area contributed by atoms with Gasteiger partial charge in [-0.1, -0.05) is 0 Å². The van der Waals surface area contributed by atoms with Crippen molar-refractivity contribution in [3.05, 3.63) is 27.7 Å². The Bertz CT molecular complexity index is 623. The van der Waals surface area contributed by atoms with E-state index in [1.165, 1.54) is 18.3 Å². The van der Waals surface area contributed by atoms with Crippen molar-refractivity contribution in [2.75, 3.05) is 5.32 Å². The summed E-state index contributed by atoms with van der Waals surface area (Å²) >= 11 is 1.41. The molecule has 1 aromatic heterocycles. The van der Waals surface area contributed by atoms with E-state index in [9.17, 15) is 9.59 Å². The summed E-state index contributed by atoms with van der Waals surface area (Å²) in [7, 11) is 0. The monoisotopic (exact) mass is 276 g/mol. The van der Waals surface area contributed by atoms with Crippen molar-refractivity contribution in [1.29, 1.82) is 5.26 Å². The average molecular weight is 276 g/mol. The lowest BCUT2D eigenvalue weighted by atomic mass is 10.1. The molecule has 1 aromatic rings. The highest BCUT2D eigenvalue weighted by Gasteiger charge is 2.22. The number of amides is 1. The minimum atomic E-state index is -1.13. The van der Waals surface area contributed by atoms with Crippen molar-refractivity contribution < 1.29 is 14.7 Å². The van der Waals surface area contributed by atoms with Crippen molar-refractivity contribution in [3.63, 3.8) is 0 Å². The smallest absolute Gasteiger partial charge is 0.331 e. The lowest BCUT2D eigenvalue weighted by molar-refractivity contribution is -0.132. The number of nitrogens with zero attached hydrogens (tertiary/aromatic N) is 1. The quantitative estimate of drug-likeness (QED) is 0.827. The van der Waals surface area contributed by atoms with Gasteiger partial charge in [0.1, 0.15) is 11.1 Å². The van der Waals surface area contributed by atoms with Crippen LogP contribution in [0.15, 0.2) is 11.6 Å². The molecule has 2 rings (SSSR count). The predicted molar refractivity (Wildman–Crippen MR) is 71.1 cm³/mol. The van der Waals surface area contributed by atoms with Crippen LogP contribution in [0.2, 0.25) is 0 Å². The van der Waals surface area contributed by atoms with E-state index in [4.69, 9.17) is 10.4 Å². The number of thiophene rings is 1. The first-order chi connectivity index (χ1) is 9.02. The Morgan fingerprint density at radius 2 is 2.21 bits per heavy atom. The molecule has 0 fully saturated rings. The average Bonchev–Trinajstić information content (AvgIpc) is 2.88. The maximum Gasteiger partial charge on any atom is 0.331 e. The molecule has 0 bridgehead atoms. The molecule has 0 aliphatic heterocycles. The highest BCUT2D eigenvalue weighted by atomic mass is 32.1. The summed E-state index contributed by atoms with van der Waals surface area (Å²) in [6, 6.07) is 2.12. The third-order valence-electron chi connectivity index (χ3n) is 2.95. The number of carboxylic acids is 1. The second-order valence-corrected chi connectivity index (χ2v) is 5.40. The van der Waals surface area contributed by atoms with Gasteiger partial charge >= 0.3 is 5.97 Å². The number of carbonyl (C=O) groups excluding carboxylic acids is 1. The molecule has 6 heteroatoms. The van der Waals surface area contributed by atoms with Gasteiger partial charge in [-0.25, -0.2) is 4.79 Å². The summed E-state index contributed by atoms with van der Waals surface area (Å²) in [5, 5.41) is 21.0. The molecule has 0 unspecified atom stereocenters. The Morgan fingerprint density at radius 1 is 1.47 bits per heavy atom. The van der Waals surface area contributed by atoms with Crippen LogP contribution in [0, 0.1) is 11.3 Å². The number of hydrogen-bond donors (Lipinski definition) is 2. The lowest BCUT2D eigenvalue weighted by Crippen LogP contribution is -2.10. The van der Waals surface area contributed by atoms with Gasteiger partial charge in [-0.05, 0) is 31.7 Å². The number of hydrogen-bond acceptors (Lipinski definition) is 4. The number of nitriles is 1. The first-order valence-electron chi connectivity index (χ1n) is 5.80. The Kier molecular flexibility index (Phi) is 3.67. The van der Waals surface area contributed by atoms with Gasteiger partial charge in [0, 0.05) is 16.5 Å². The first kappa shape index (κ1) is 13.3. The van der Waals surface area contributed by atoms with Gasteiger partial charge in [-0.15, -0.1) is 11.3 Å². The third-order valence-corrected chi connectivity index (χ3v) is 4.16. The summed E-state index contributed by atoms with van der Waals surface area (Å²) < 4.78 is 0. The highest BCUT2D eigenvalue weighted by Crippen LogP contribution is 2.38. The van der Waals surface area contributed by atoms with E-state index in [1.54, 1.807) is 0 Å². The number of carboxylic acid groups (broad SMARTS) is 1. The summed E-state index contributed by atoms with van der Waals surface area (Å²) in [5.74, 6) is -1.65. The van der Waals surface area contributed by atoms with Crippen LogP contribution in [0.4, 0.5) is 5.00 Å². The van der Waals surface area contributed by atoms with Crippen molar-refractivity contribution in [3.8, 4) is 6.07 Å². The molecule has 1 aliphatic carbocycles. The first-order valence-corrected chi connectivity index (χ1v) is 6.61. The minimum Gasteiger partial charge on any atom is -0.478 e. The summed E-state index contributed by atoms with van der Waals surface area (Å²) in [5.41, 5.74) is 1.51. The highest BCUT2D eigenvalue weighted by molar-refractivity contribution is 7.16. The van der Waals surface area contributed by atoms with Crippen molar-refractivity contribution >= 4 is 28.2 Å². The number of aryl methyl sites for hydroxylation is 1. The van der Waals surface area contributed by atoms with Gasteiger partial charge in [0.15, 0.2) is 0 Å². The molecule has 98 valence electrons. The molecular weight excluding hydrogens is 264 g/mol. The number of rotatable bonds is 3. The molecule has 19 heavy (non-hydrogen) atoms. The fraction of sp³-hybridized carbons (Fsp3) is 0.308. The molecule has 1 aliphatic rings. The van der Waals surface area contributed by atoms with E-state index in [2.05, 4.69) is 11.4 Å². The number of anilines is 1. The molecule has 2 N–H and O–H groups in total. The Hall–Kier alpha value is -2.13. The fourth-order valence-electron chi connectivity index (χ4n) is 2.02. The van der Waals surface area contributed by atoms with Crippen LogP contribution < -0.4 is 5.32 Å². The van der Waals surface area contributed by atoms with Crippen LogP contribution in [0.25, 0.3) is 0 Å². The molecule has 1 amide bonds. The maximum atomic E-state index is 11.7. The van der Waals surface area contributed by atoms with Crippen LogP contribution >= 0.6 is 11.3 Å². The second-order valence-electron chi connectivity index (χ2n) is 4.30. The van der Waals surface area contributed by atoms with Gasteiger partial charge < -0.3 is 10.4 Å². The number of carbonyl (C=O) groups is 2. The largest absolute Gasteiger partial charge is 0.478 e. The van der Waals surface area contributed by atoms with Crippen molar-refractivity contribution in [2.24, 2.45) is 0 Å².